The van der Waals surface area contributed by atoms with E-state index in [1.165, 1.54) is 21.8 Å². The maximum Gasteiger partial charge on any atom is 0.405 e. The van der Waals surface area contributed by atoms with Crippen LogP contribution in [0, 0.1) is 0 Å². The Kier molecular flexibility index (Phi) is 4.94. The first-order valence-electron chi connectivity index (χ1n) is 8.35. The molecule has 146 valence electrons. The van der Waals surface area contributed by atoms with Crippen LogP contribution in [0.1, 0.15) is 23.3 Å². The molecule has 3 heterocycles. The van der Waals surface area contributed by atoms with E-state index in [0.717, 1.165) is 0 Å². The van der Waals surface area contributed by atoms with E-state index < -0.39 is 24.2 Å². The normalized spacial score (nSPS) is 17.0. The molecule has 1 fully saturated rings. The standard InChI is InChI=1S/C16H19F3N6O2/c1-23-12(3-7-21-23)13(26)24-9-4-15(5-10-24,25-8-2-6-22-25)14(27)20-11-16(17,18)19/h2-3,6-8H,4-5,9-11H2,1H3,(H,20,27). The molecule has 1 aliphatic rings. The second-order valence-corrected chi connectivity index (χ2v) is 6.41. The van der Waals surface area contributed by atoms with Gasteiger partial charge in [0.15, 0.2) is 0 Å². The fourth-order valence-corrected chi connectivity index (χ4v) is 3.25. The molecule has 0 spiro atoms. The van der Waals surface area contributed by atoms with Gasteiger partial charge in [-0.05, 0) is 25.0 Å². The maximum atomic E-state index is 12.6. The number of rotatable bonds is 4. The Balaban J connectivity index is 1.76. The molecule has 0 unspecified atom stereocenters. The minimum absolute atomic E-state index is 0.155. The predicted molar refractivity (Wildman–Crippen MR) is 87.6 cm³/mol. The zero-order valence-electron chi connectivity index (χ0n) is 14.6. The third kappa shape index (κ3) is 3.81. The van der Waals surface area contributed by atoms with Crippen molar-refractivity contribution < 1.29 is 22.8 Å². The Bertz CT molecular complexity index is 806. The van der Waals surface area contributed by atoms with E-state index in [1.807, 2.05) is 5.32 Å². The number of aromatic nitrogens is 4. The van der Waals surface area contributed by atoms with Crippen molar-refractivity contribution in [1.82, 2.24) is 29.8 Å². The van der Waals surface area contributed by atoms with Crippen LogP contribution in [0.3, 0.4) is 0 Å². The summed E-state index contributed by atoms with van der Waals surface area (Å²) in [4.78, 5) is 26.8. The molecule has 2 amide bonds. The van der Waals surface area contributed by atoms with Gasteiger partial charge in [-0.2, -0.15) is 23.4 Å². The van der Waals surface area contributed by atoms with Crippen LogP contribution in [0.5, 0.6) is 0 Å². The molecule has 2 aromatic rings. The van der Waals surface area contributed by atoms with Gasteiger partial charge >= 0.3 is 6.18 Å². The number of carbonyl (C=O) groups is 2. The van der Waals surface area contributed by atoms with E-state index in [4.69, 9.17) is 0 Å². The highest BCUT2D eigenvalue weighted by atomic mass is 19.4. The van der Waals surface area contributed by atoms with Crippen molar-refractivity contribution in [3.8, 4) is 0 Å². The zero-order chi connectivity index (χ0) is 19.7. The summed E-state index contributed by atoms with van der Waals surface area (Å²) >= 11 is 0. The van der Waals surface area contributed by atoms with Crippen LogP contribution in [0.25, 0.3) is 0 Å². The Morgan fingerprint density at radius 3 is 2.44 bits per heavy atom. The minimum atomic E-state index is -4.50. The molecular formula is C16H19F3N6O2. The number of hydrogen-bond acceptors (Lipinski definition) is 4. The lowest BCUT2D eigenvalue weighted by molar-refractivity contribution is -0.146. The Morgan fingerprint density at radius 2 is 1.93 bits per heavy atom. The third-order valence-electron chi connectivity index (χ3n) is 4.73. The van der Waals surface area contributed by atoms with Gasteiger partial charge in [-0.25, -0.2) is 0 Å². The molecule has 0 bridgehead atoms. The molecule has 3 rings (SSSR count). The smallest absolute Gasteiger partial charge is 0.345 e. The van der Waals surface area contributed by atoms with Gasteiger partial charge in [0.1, 0.15) is 17.8 Å². The number of hydrogen-bond donors (Lipinski definition) is 1. The summed E-state index contributed by atoms with van der Waals surface area (Å²) in [7, 11) is 1.65. The van der Waals surface area contributed by atoms with E-state index >= 15 is 0 Å². The van der Waals surface area contributed by atoms with Gasteiger partial charge in [0.25, 0.3) is 5.91 Å². The van der Waals surface area contributed by atoms with E-state index in [-0.39, 0.29) is 31.8 Å². The molecule has 11 heteroatoms. The summed E-state index contributed by atoms with van der Waals surface area (Å²) in [5.74, 6) is -0.990. The SMILES string of the molecule is Cn1nccc1C(=O)N1CCC(C(=O)NCC(F)(F)F)(n2cccn2)CC1. The van der Waals surface area contributed by atoms with E-state index in [9.17, 15) is 22.8 Å². The Hall–Kier alpha value is -2.85. The number of piperidine rings is 1. The van der Waals surface area contributed by atoms with Crippen LogP contribution < -0.4 is 5.32 Å². The predicted octanol–water partition coefficient (Wildman–Crippen LogP) is 0.927. The average Bonchev–Trinajstić information content (AvgIpc) is 3.30. The Labute approximate surface area is 152 Å². The summed E-state index contributed by atoms with van der Waals surface area (Å²) in [6, 6.07) is 3.19. The largest absolute Gasteiger partial charge is 0.405 e. The molecule has 8 nitrogen and oxygen atoms in total. The lowest BCUT2D eigenvalue weighted by Gasteiger charge is -2.40. The number of aryl methyl sites for hydroxylation is 1. The number of nitrogens with one attached hydrogen (secondary N) is 1. The van der Waals surface area contributed by atoms with E-state index in [0.29, 0.717) is 5.69 Å². The van der Waals surface area contributed by atoms with Crippen molar-refractivity contribution in [3.05, 3.63) is 36.4 Å². The number of likely N-dealkylation sites (tertiary alicyclic amines) is 1. The molecule has 2 aromatic heterocycles. The van der Waals surface area contributed by atoms with Crippen LogP contribution in [-0.2, 0) is 17.4 Å². The molecular weight excluding hydrogens is 365 g/mol. The highest BCUT2D eigenvalue weighted by Crippen LogP contribution is 2.31. The van der Waals surface area contributed by atoms with Crippen LogP contribution >= 0.6 is 0 Å². The van der Waals surface area contributed by atoms with Crippen LogP contribution in [0.4, 0.5) is 13.2 Å². The molecule has 0 saturated carbocycles. The topological polar surface area (TPSA) is 85.0 Å². The van der Waals surface area contributed by atoms with Crippen molar-refractivity contribution in [2.24, 2.45) is 7.05 Å². The summed E-state index contributed by atoms with van der Waals surface area (Å²) in [6.45, 7) is -0.987. The molecule has 0 radical (unpaired) electrons. The maximum absolute atomic E-state index is 12.6. The molecule has 27 heavy (non-hydrogen) atoms. The fourth-order valence-electron chi connectivity index (χ4n) is 3.25. The quantitative estimate of drug-likeness (QED) is 0.850. The fraction of sp³-hybridized carbons (Fsp3) is 0.500. The average molecular weight is 384 g/mol. The van der Waals surface area contributed by atoms with Crippen molar-refractivity contribution in [3.63, 3.8) is 0 Å². The first kappa shape index (κ1) is 18.9. The van der Waals surface area contributed by atoms with Crippen LogP contribution in [0.15, 0.2) is 30.7 Å². The van der Waals surface area contributed by atoms with Gasteiger partial charge in [0, 0.05) is 38.7 Å². The van der Waals surface area contributed by atoms with Crippen LogP contribution in [0.2, 0.25) is 0 Å². The summed E-state index contributed by atoms with van der Waals surface area (Å²) in [5, 5.41) is 9.99. The Morgan fingerprint density at radius 1 is 1.22 bits per heavy atom. The highest BCUT2D eigenvalue weighted by molar-refractivity contribution is 5.93. The second-order valence-electron chi connectivity index (χ2n) is 6.41. The number of alkyl halides is 3. The summed E-state index contributed by atoms with van der Waals surface area (Å²) < 4.78 is 40.4. The number of nitrogens with zero attached hydrogens (tertiary/aromatic N) is 5. The molecule has 1 saturated heterocycles. The second kappa shape index (κ2) is 7.05. The van der Waals surface area contributed by atoms with Crippen molar-refractivity contribution in [1.29, 1.82) is 0 Å². The van der Waals surface area contributed by atoms with Gasteiger partial charge in [-0.15, -0.1) is 0 Å². The molecule has 1 N–H and O–H groups in total. The molecule has 0 atom stereocenters. The number of halogens is 3. The van der Waals surface area contributed by atoms with Crippen molar-refractivity contribution in [2.45, 2.75) is 24.6 Å². The lowest BCUT2D eigenvalue weighted by Crippen LogP contribution is -2.57. The van der Waals surface area contributed by atoms with Gasteiger partial charge in [0.2, 0.25) is 5.91 Å². The van der Waals surface area contributed by atoms with Gasteiger partial charge < -0.3 is 10.2 Å². The van der Waals surface area contributed by atoms with Crippen molar-refractivity contribution >= 4 is 11.8 Å². The van der Waals surface area contributed by atoms with E-state index in [2.05, 4.69) is 10.2 Å². The summed E-state index contributed by atoms with van der Waals surface area (Å²) in [6.07, 6.45) is 0.328. The monoisotopic (exact) mass is 384 g/mol. The van der Waals surface area contributed by atoms with Gasteiger partial charge in [-0.3, -0.25) is 19.0 Å². The highest BCUT2D eigenvalue weighted by Gasteiger charge is 2.45. The molecule has 0 aromatic carbocycles. The summed E-state index contributed by atoms with van der Waals surface area (Å²) in [5.41, 5.74) is -0.860. The molecule has 1 aliphatic heterocycles. The first-order chi connectivity index (χ1) is 12.7. The van der Waals surface area contributed by atoms with E-state index in [1.54, 1.807) is 30.3 Å². The minimum Gasteiger partial charge on any atom is -0.345 e. The number of carbonyl (C=O) groups excluding carboxylic acids is 2. The first-order valence-corrected chi connectivity index (χ1v) is 8.35. The number of amides is 2. The zero-order valence-corrected chi connectivity index (χ0v) is 14.6. The van der Waals surface area contributed by atoms with Crippen LogP contribution in [-0.4, -0.2) is 62.1 Å². The lowest BCUT2D eigenvalue weighted by atomic mass is 9.86. The van der Waals surface area contributed by atoms with Gasteiger partial charge in [-0.1, -0.05) is 0 Å². The van der Waals surface area contributed by atoms with Crippen molar-refractivity contribution in [2.75, 3.05) is 19.6 Å². The third-order valence-corrected chi connectivity index (χ3v) is 4.73. The van der Waals surface area contributed by atoms with Gasteiger partial charge in [0.05, 0.1) is 0 Å². The molecule has 0 aliphatic carbocycles.